The van der Waals surface area contributed by atoms with Crippen LogP contribution in [0, 0.1) is 0 Å². The third-order valence-electron chi connectivity index (χ3n) is 2.89. The predicted molar refractivity (Wildman–Crippen MR) is 75.7 cm³/mol. The molecule has 0 amide bonds. The Morgan fingerprint density at radius 1 is 1.12 bits per heavy atom. The van der Waals surface area contributed by atoms with Crippen LogP contribution in [-0.2, 0) is 0 Å². The highest BCUT2D eigenvalue weighted by molar-refractivity contribution is 7.07. The van der Waals surface area contributed by atoms with Crippen LogP contribution in [-0.4, -0.2) is 0 Å². The van der Waals surface area contributed by atoms with E-state index in [-0.39, 0.29) is 0 Å². The summed E-state index contributed by atoms with van der Waals surface area (Å²) in [5, 5.41) is 8.66. The lowest BCUT2D eigenvalue weighted by Crippen LogP contribution is -2.22. The molecule has 2 rings (SSSR count). The normalized spacial score (nSPS) is 14.5. The van der Waals surface area contributed by atoms with Crippen molar-refractivity contribution in [1.29, 1.82) is 0 Å². The van der Waals surface area contributed by atoms with E-state index in [0.717, 1.165) is 5.02 Å². The SMILES string of the molecule is CC(NC(C)c1cccc(Cl)c1)c1ccsc1. The number of hydrogen-bond acceptors (Lipinski definition) is 2. The van der Waals surface area contributed by atoms with E-state index in [1.165, 1.54) is 11.1 Å². The lowest BCUT2D eigenvalue weighted by atomic mass is 10.1. The zero-order valence-electron chi connectivity index (χ0n) is 9.98. The molecule has 0 saturated carbocycles. The second-order valence-corrected chi connectivity index (χ2v) is 5.44. The van der Waals surface area contributed by atoms with Crippen molar-refractivity contribution in [3.63, 3.8) is 0 Å². The number of halogens is 1. The quantitative estimate of drug-likeness (QED) is 0.836. The molecule has 1 aromatic heterocycles. The van der Waals surface area contributed by atoms with Crippen LogP contribution in [0.2, 0.25) is 5.02 Å². The van der Waals surface area contributed by atoms with Crippen LogP contribution in [0.5, 0.6) is 0 Å². The summed E-state index contributed by atoms with van der Waals surface area (Å²) in [6.45, 7) is 4.34. The molecule has 0 aliphatic rings. The Balaban J connectivity index is 2.04. The summed E-state index contributed by atoms with van der Waals surface area (Å²) in [5.74, 6) is 0. The molecule has 1 heterocycles. The molecule has 0 spiro atoms. The molecule has 0 saturated heterocycles. The minimum absolute atomic E-state index is 0.295. The van der Waals surface area contributed by atoms with Crippen molar-refractivity contribution in [2.45, 2.75) is 25.9 Å². The van der Waals surface area contributed by atoms with Gasteiger partial charge in [-0.3, -0.25) is 0 Å². The van der Waals surface area contributed by atoms with Crippen LogP contribution in [0.4, 0.5) is 0 Å². The highest BCUT2D eigenvalue weighted by Gasteiger charge is 2.11. The second kappa shape index (κ2) is 5.67. The van der Waals surface area contributed by atoms with Crippen LogP contribution >= 0.6 is 22.9 Å². The average molecular weight is 266 g/mol. The van der Waals surface area contributed by atoms with E-state index in [2.05, 4.69) is 42.1 Å². The molecule has 0 aliphatic carbocycles. The van der Waals surface area contributed by atoms with Gasteiger partial charge in [0.2, 0.25) is 0 Å². The summed E-state index contributed by atoms with van der Waals surface area (Å²) in [5.41, 5.74) is 2.56. The largest absolute Gasteiger partial charge is 0.304 e. The first-order valence-corrected chi connectivity index (χ1v) is 7.02. The molecule has 0 bridgehead atoms. The molecule has 1 N–H and O–H groups in total. The van der Waals surface area contributed by atoms with Crippen molar-refractivity contribution in [2.75, 3.05) is 0 Å². The summed E-state index contributed by atoms with van der Waals surface area (Å²) >= 11 is 7.73. The van der Waals surface area contributed by atoms with Crippen molar-refractivity contribution in [1.82, 2.24) is 5.32 Å². The van der Waals surface area contributed by atoms with Gasteiger partial charge >= 0.3 is 0 Å². The molecule has 1 aromatic carbocycles. The summed E-state index contributed by atoms with van der Waals surface area (Å²) in [4.78, 5) is 0. The summed E-state index contributed by atoms with van der Waals surface area (Å²) in [6.07, 6.45) is 0. The maximum atomic E-state index is 6.00. The lowest BCUT2D eigenvalue weighted by molar-refractivity contribution is 0.495. The van der Waals surface area contributed by atoms with Gasteiger partial charge in [0.15, 0.2) is 0 Å². The molecule has 2 atom stereocenters. The van der Waals surface area contributed by atoms with Gasteiger partial charge in [0.05, 0.1) is 0 Å². The topological polar surface area (TPSA) is 12.0 Å². The Morgan fingerprint density at radius 3 is 2.53 bits per heavy atom. The molecule has 0 fully saturated rings. The van der Waals surface area contributed by atoms with Gasteiger partial charge in [0.1, 0.15) is 0 Å². The Labute approximate surface area is 111 Å². The Morgan fingerprint density at radius 2 is 1.88 bits per heavy atom. The molecule has 90 valence electrons. The smallest absolute Gasteiger partial charge is 0.0409 e. The van der Waals surface area contributed by atoms with Gasteiger partial charge in [-0.1, -0.05) is 23.7 Å². The first kappa shape index (κ1) is 12.6. The van der Waals surface area contributed by atoms with Gasteiger partial charge in [-0.2, -0.15) is 11.3 Å². The van der Waals surface area contributed by atoms with E-state index < -0.39 is 0 Å². The molecule has 17 heavy (non-hydrogen) atoms. The molecular weight excluding hydrogens is 250 g/mol. The minimum atomic E-state index is 0.295. The van der Waals surface area contributed by atoms with Gasteiger partial charge < -0.3 is 5.32 Å². The van der Waals surface area contributed by atoms with Gasteiger partial charge in [0.25, 0.3) is 0 Å². The Bertz CT molecular complexity index is 467. The van der Waals surface area contributed by atoms with E-state index in [4.69, 9.17) is 11.6 Å². The van der Waals surface area contributed by atoms with Crippen molar-refractivity contribution in [3.8, 4) is 0 Å². The van der Waals surface area contributed by atoms with Crippen LogP contribution < -0.4 is 5.32 Å². The number of hydrogen-bond donors (Lipinski definition) is 1. The maximum Gasteiger partial charge on any atom is 0.0409 e. The van der Waals surface area contributed by atoms with E-state index in [1.54, 1.807) is 11.3 Å². The second-order valence-electron chi connectivity index (χ2n) is 4.22. The summed E-state index contributed by atoms with van der Waals surface area (Å²) < 4.78 is 0. The fourth-order valence-corrected chi connectivity index (χ4v) is 2.82. The van der Waals surface area contributed by atoms with E-state index in [9.17, 15) is 0 Å². The van der Waals surface area contributed by atoms with Crippen LogP contribution in [0.25, 0.3) is 0 Å². The summed E-state index contributed by atoms with van der Waals surface area (Å²) in [7, 11) is 0. The van der Waals surface area contributed by atoms with Gasteiger partial charge in [-0.05, 0) is 53.9 Å². The van der Waals surface area contributed by atoms with Crippen LogP contribution in [0.3, 0.4) is 0 Å². The van der Waals surface area contributed by atoms with Crippen molar-refractivity contribution < 1.29 is 0 Å². The van der Waals surface area contributed by atoms with Crippen molar-refractivity contribution >= 4 is 22.9 Å². The van der Waals surface area contributed by atoms with Gasteiger partial charge in [-0.25, -0.2) is 0 Å². The molecule has 1 nitrogen and oxygen atoms in total. The minimum Gasteiger partial charge on any atom is -0.304 e. The molecule has 0 radical (unpaired) electrons. The Hall–Kier alpha value is -0.830. The highest BCUT2D eigenvalue weighted by Crippen LogP contribution is 2.22. The molecule has 2 unspecified atom stereocenters. The average Bonchev–Trinajstić information content (AvgIpc) is 2.82. The first-order valence-electron chi connectivity index (χ1n) is 5.70. The number of thiophene rings is 1. The molecule has 3 heteroatoms. The third-order valence-corrected chi connectivity index (χ3v) is 3.83. The zero-order valence-corrected chi connectivity index (χ0v) is 11.6. The predicted octanol–water partition coefficient (Wildman–Crippen LogP) is 4.81. The molecule has 0 aliphatic heterocycles. The highest BCUT2D eigenvalue weighted by atomic mass is 35.5. The van der Waals surface area contributed by atoms with E-state index in [1.807, 2.05) is 18.2 Å². The monoisotopic (exact) mass is 265 g/mol. The number of nitrogens with one attached hydrogen (secondary N) is 1. The lowest BCUT2D eigenvalue weighted by Gasteiger charge is -2.20. The van der Waals surface area contributed by atoms with Gasteiger partial charge in [-0.15, -0.1) is 0 Å². The number of rotatable bonds is 4. The summed E-state index contributed by atoms with van der Waals surface area (Å²) in [6, 6.07) is 10.8. The van der Waals surface area contributed by atoms with Crippen LogP contribution in [0.15, 0.2) is 41.1 Å². The zero-order chi connectivity index (χ0) is 12.3. The fraction of sp³-hybridized carbons (Fsp3) is 0.286. The van der Waals surface area contributed by atoms with Crippen LogP contribution in [0.1, 0.15) is 37.1 Å². The van der Waals surface area contributed by atoms with Gasteiger partial charge in [0, 0.05) is 17.1 Å². The van der Waals surface area contributed by atoms with E-state index >= 15 is 0 Å². The fourth-order valence-electron chi connectivity index (χ4n) is 1.86. The standard InChI is InChI=1S/C14H16ClNS/c1-10(12-4-3-5-14(15)8-12)16-11(2)13-6-7-17-9-13/h3-11,16H,1-2H3. The molecule has 2 aromatic rings. The Kier molecular flexibility index (Phi) is 4.21. The number of benzene rings is 1. The van der Waals surface area contributed by atoms with E-state index in [0.29, 0.717) is 12.1 Å². The first-order chi connectivity index (χ1) is 8.16. The van der Waals surface area contributed by atoms with Crippen molar-refractivity contribution in [3.05, 3.63) is 57.2 Å². The molecular formula is C14H16ClNS. The van der Waals surface area contributed by atoms with Crippen molar-refractivity contribution in [2.24, 2.45) is 0 Å². The maximum absolute atomic E-state index is 6.00. The third kappa shape index (κ3) is 3.32.